The summed E-state index contributed by atoms with van der Waals surface area (Å²) in [6.45, 7) is 3.86. The number of rotatable bonds is 5. The maximum absolute atomic E-state index is 12.5. The second kappa shape index (κ2) is 6.16. The molecule has 1 fully saturated rings. The van der Waals surface area contributed by atoms with Gasteiger partial charge in [0.2, 0.25) is 0 Å². The summed E-state index contributed by atoms with van der Waals surface area (Å²) < 4.78 is 1.60. The summed E-state index contributed by atoms with van der Waals surface area (Å²) in [5, 5.41) is 16.7. The second-order valence-electron chi connectivity index (χ2n) is 5.06. The average molecular weight is 266 g/mol. The van der Waals surface area contributed by atoms with E-state index < -0.39 is 0 Å². The molecule has 1 unspecified atom stereocenters. The highest BCUT2D eigenvalue weighted by Crippen LogP contribution is 2.11. The molecule has 1 aromatic heterocycles. The van der Waals surface area contributed by atoms with Crippen molar-refractivity contribution in [3.63, 3.8) is 0 Å². The Morgan fingerprint density at radius 3 is 3.00 bits per heavy atom. The van der Waals surface area contributed by atoms with E-state index in [1.807, 2.05) is 6.92 Å². The molecule has 1 aliphatic rings. The van der Waals surface area contributed by atoms with Crippen LogP contribution in [-0.2, 0) is 7.05 Å². The lowest BCUT2D eigenvalue weighted by atomic mass is 10.2. The molecule has 0 saturated carbocycles. The minimum absolute atomic E-state index is 0.0186. The van der Waals surface area contributed by atoms with Crippen LogP contribution in [-0.4, -0.2) is 58.0 Å². The van der Waals surface area contributed by atoms with Crippen molar-refractivity contribution in [1.82, 2.24) is 20.0 Å². The van der Waals surface area contributed by atoms with Crippen LogP contribution in [0, 0.1) is 6.92 Å². The highest BCUT2D eigenvalue weighted by molar-refractivity contribution is 5.92. The number of carbonyl (C=O) groups is 1. The van der Waals surface area contributed by atoms with Crippen molar-refractivity contribution in [2.75, 3.05) is 26.2 Å². The molecule has 0 bridgehead atoms. The van der Waals surface area contributed by atoms with Crippen LogP contribution in [0.5, 0.6) is 0 Å². The zero-order chi connectivity index (χ0) is 13.8. The van der Waals surface area contributed by atoms with Gasteiger partial charge in [0.15, 0.2) is 0 Å². The van der Waals surface area contributed by atoms with E-state index in [1.165, 1.54) is 0 Å². The van der Waals surface area contributed by atoms with E-state index in [1.54, 1.807) is 22.7 Å². The van der Waals surface area contributed by atoms with E-state index >= 15 is 0 Å². The lowest BCUT2D eigenvalue weighted by Crippen LogP contribution is -2.43. The van der Waals surface area contributed by atoms with E-state index in [0.29, 0.717) is 24.8 Å². The summed E-state index contributed by atoms with van der Waals surface area (Å²) in [4.78, 5) is 14.2. The molecule has 1 aliphatic heterocycles. The topological polar surface area (TPSA) is 70.4 Å². The first-order chi connectivity index (χ1) is 9.11. The van der Waals surface area contributed by atoms with Crippen molar-refractivity contribution in [3.05, 3.63) is 17.5 Å². The molecule has 19 heavy (non-hydrogen) atoms. The van der Waals surface area contributed by atoms with E-state index in [0.717, 1.165) is 25.1 Å². The number of nitrogens with zero attached hydrogens (tertiary/aromatic N) is 3. The Bertz CT molecular complexity index is 438. The molecule has 0 radical (unpaired) electrons. The van der Waals surface area contributed by atoms with Gasteiger partial charge in [-0.1, -0.05) is 0 Å². The molecule has 0 spiro atoms. The van der Waals surface area contributed by atoms with Crippen LogP contribution in [0.2, 0.25) is 0 Å². The van der Waals surface area contributed by atoms with Crippen LogP contribution in [0.3, 0.4) is 0 Å². The molecule has 1 saturated heterocycles. The zero-order valence-electron chi connectivity index (χ0n) is 11.6. The van der Waals surface area contributed by atoms with Crippen molar-refractivity contribution in [2.24, 2.45) is 7.05 Å². The van der Waals surface area contributed by atoms with Crippen LogP contribution < -0.4 is 5.32 Å². The summed E-state index contributed by atoms with van der Waals surface area (Å²) in [5.74, 6) is -0.0640. The van der Waals surface area contributed by atoms with Gasteiger partial charge in [0.25, 0.3) is 5.91 Å². The quantitative estimate of drug-likeness (QED) is 0.782. The lowest BCUT2D eigenvalue weighted by Gasteiger charge is -2.25. The fourth-order valence-corrected chi connectivity index (χ4v) is 2.55. The standard InChI is InChI=1S/C13H22N4O2/c1-10-8-12(16(2)15-10)13(19)17(6-7-18)9-11-4-3-5-14-11/h8,11,14,18H,3-7,9H2,1-2H3. The number of aliphatic hydroxyl groups excluding tert-OH is 1. The Labute approximate surface area is 113 Å². The van der Waals surface area contributed by atoms with Crippen LogP contribution >= 0.6 is 0 Å². The normalized spacial score (nSPS) is 18.8. The molecule has 6 heteroatoms. The molecule has 1 atom stereocenters. The van der Waals surface area contributed by atoms with Crippen molar-refractivity contribution < 1.29 is 9.90 Å². The highest BCUT2D eigenvalue weighted by atomic mass is 16.3. The number of aryl methyl sites for hydroxylation is 2. The fourth-order valence-electron chi connectivity index (χ4n) is 2.55. The van der Waals surface area contributed by atoms with Gasteiger partial charge in [-0.3, -0.25) is 9.48 Å². The number of hydrogen-bond acceptors (Lipinski definition) is 4. The van der Waals surface area contributed by atoms with E-state index in [4.69, 9.17) is 5.11 Å². The lowest BCUT2D eigenvalue weighted by molar-refractivity contribution is 0.0695. The first kappa shape index (κ1) is 14.0. The Hall–Kier alpha value is -1.40. The number of carbonyl (C=O) groups excluding carboxylic acids is 1. The van der Waals surface area contributed by atoms with Gasteiger partial charge in [-0.05, 0) is 32.4 Å². The summed E-state index contributed by atoms with van der Waals surface area (Å²) in [5.41, 5.74) is 1.40. The zero-order valence-corrected chi connectivity index (χ0v) is 11.6. The number of amides is 1. The van der Waals surface area contributed by atoms with Crippen molar-refractivity contribution in [3.8, 4) is 0 Å². The molecule has 1 aromatic rings. The van der Waals surface area contributed by atoms with Crippen molar-refractivity contribution in [2.45, 2.75) is 25.8 Å². The van der Waals surface area contributed by atoms with Gasteiger partial charge >= 0.3 is 0 Å². The molecular formula is C13H22N4O2. The van der Waals surface area contributed by atoms with Gasteiger partial charge in [-0.25, -0.2) is 0 Å². The largest absolute Gasteiger partial charge is 0.395 e. The Kier molecular flexibility index (Phi) is 4.55. The highest BCUT2D eigenvalue weighted by Gasteiger charge is 2.24. The fraction of sp³-hybridized carbons (Fsp3) is 0.692. The van der Waals surface area contributed by atoms with Gasteiger partial charge in [0.1, 0.15) is 5.69 Å². The van der Waals surface area contributed by atoms with Gasteiger partial charge in [0, 0.05) is 26.2 Å². The molecule has 6 nitrogen and oxygen atoms in total. The maximum Gasteiger partial charge on any atom is 0.272 e. The molecule has 0 aromatic carbocycles. The Balaban J connectivity index is 2.08. The van der Waals surface area contributed by atoms with Crippen LogP contribution in [0.15, 0.2) is 6.07 Å². The molecular weight excluding hydrogens is 244 g/mol. The van der Waals surface area contributed by atoms with Crippen molar-refractivity contribution >= 4 is 5.91 Å². The molecule has 2 N–H and O–H groups in total. The number of nitrogens with one attached hydrogen (secondary N) is 1. The summed E-state index contributed by atoms with van der Waals surface area (Å²) in [6.07, 6.45) is 2.23. The Morgan fingerprint density at radius 2 is 2.47 bits per heavy atom. The average Bonchev–Trinajstić information content (AvgIpc) is 2.97. The molecule has 1 amide bonds. The van der Waals surface area contributed by atoms with Gasteiger partial charge in [-0.15, -0.1) is 0 Å². The van der Waals surface area contributed by atoms with Gasteiger partial charge < -0.3 is 15.3 Å². The van der Waals surface area contributed by atoms with E-state index in [-0.39, 0.29) is 12.5 Å². The first-order valence-electron chi connectivity index (χ1n) is 6.76. The minimum Gasteiger partial charge on any atom is -0.395 e. The third-order valence-corrected chi connectivity index (χ3v) is 3.48. The van der Waals surface area contributed by atoms with Crippen LogP contribution in [0.4, 0.5) is 0 Å². The number of aromatic nitrogens is 2. The van der Waals surface area contributed by atoms with Crippen LogP contribution in [0.25, 0.3) is 0 Å². The number of hydrogen-bond donors (Lipinski definition) is 2. The summed E-state index contributed by atoms with van der Waals surface area (Å²) in [7, 11) is 1.77. The molecule has 2 rings (SSSR count). The summed E-state index contributed by atoms with van der Waals surface area (Å²) >= 11 is 0. The van der Waals surface area contributed by atoms with Gasteiger partial charge in [-0.2, -0.15) is 5.10 Å². The van der Waals surface area contributed by atoms with E-state index in [2.05, 4.69) is 10.4 Å². The van der Waals surface area contributed by atoms with Crippen LogP contribution in [0.1, 0.15) is 29.0 Å². The first-order valence-corrected chi connectivity index (χ1v) is 6.76. The minimum atomic E-state index is -0.0640. The van der Waals surface area contributed by atoms with E-state index in [9.17, 15) is 4.79 Å². The third kappa shape index (κ3) is 3.33. The SMILES string of the molecule is Cc1cc(C(=O)N(CCO)CC2CCCN2)n(C)n1. The van der Waals surface area contributed by atoms with Crippen molar-refractivity contribution in [1.29, 1.82) is 0 Å². The summed E-state index contributed by atoms with van der Waals surface area (Å²) in [6, 6.07) is 2.12. The van der Waals surface area contributed by atoms with Gasteiger partial charge in [0.05, 0.1) is 12.3 Å². The molecule has 0 aliphatic carbocycles. The molecule has 2 heterocycles. The number of aliphatic hydroxyl groups is 1. The Morgan fingerprint density at radius 1 is 1.68 bits per heavy atom. The predicted molar refractivity (Wildman–Crippen MR) is 72.0 cm³/mol. The second-order valence-corrected chi connectivity index (χ2v) is 5.06. The predicted octanol–water partition coefficient (Wildman–Crippen LogP) is -0.0850. The molecule has 106 valence electrons. The smallest absolute Gasteiger partial charge is 0.272 e. The third-order valence-electron chi connectivity index (χ3n) is 3.48. The maximum atomic E-state index is 12.5. The monoisotopic (exact) mass is 266 g/mol.